The highest BCUT2D eigenvalue weighted by Gasteiger charge is 2.22. The Morgan fingerprint density at radius 3 is 3.04 bits per heavy atom. The number of anilines is 1. The molecule has 1 unspecified atom stereocenters. The van der Waals surface area contributed by atoms with E-state index in [4.69, 9.17) is 16.3 Å². The SMILES string of the molecule is O=C(CSc1nnc(-c2cccs2)n1CC1CCCO1)Nc1cccc(Cl)c1. The van der Waals surface area contributed by atoms with Crippen LogP contribution in [0.1, 0.15) is 12.8 Å². The minimum atomic E-state index is -0.114. The van der Waals surface area contributed by atoms with E-state index in [0.717, 1.165) is 35.3 Å². The minimum Gasteiger partial charge on any atom is -0.376 e. The first-order valence-corrected chi connectivity index (χ1v) is 11.2. The van der Waals surface area contributed by atoms with Gasteiger partial charge in [0.2, 0.25) is 5.91 Å². The van der Waals surface area contributed by atoms with Crippen molar-refractivity contribution in [2.24, 2.45) is 0 Å². The van der Waals surface area contributed by atoms with Crippen LogP contribution in [0.4, 0.5) is 5.69 Å². The normalized spacial score (nSPS) is 16.4. The lowest BCUT2D eigenvalue weighted by Gasteiger charge is -2.14. The zero-order chi connectivity index (χ0) is 19.3. The molecular formula is C19H19ClN4O2S2. The summed E-state index contributed by atoms with van der Waals surface area (Å²) in [5, 5.41) is 14.9. The van der Waals surface area contributed by atoms with Crippen molar-refractivity contribution in [2.45, 2.75) is 30.6 Å². The van der Waals surface area contributed by atoms with E-state index in [0.29, 0.717) is 17.3 Å². The fraction of sp³-hybridized carbons (Fsp3) is 0.316. The van der Waals surface area contributed by atoms with Gasteiger partial charge in [0.05, 0.1) is 23.3 Å². The van der Waals surface area contributed by atoms with Crippen molar-refractivity contribution in [2.75, 3.05) is 17.7 Å². The number of nitrogens with zero attached hydrogens (tertiary/aromatic N) is 3. The van der Waals surface area contributed by atoms with Crippen LogP contribution in [0.2, 0.25) is 5.02 Å². The molecule has 28 heavy (non-hydrogen) atoms. The molecular weight excluding hydrogens is 416 g/mol. The van der Waals surface area contributed by atoms with Gasteiger partial charge in [0.15, 0.2) is 11.0 Å². The lowest BCUT2D eigenvalue weighted by Crippen LogP contribution is -2.18. The minimum absolute atomic E-state index is 0.114. The molecule has 3 heterocycles. The largest absolute Gasteiger partial charge is 0.376 e. The Bertz CT molecular complexity index is 939. The number of halogens is 1. The fourth-order valence-electron chi connectivity index (χ4n) is 3.03. The number of thioether (sulfide) groups is 1. The maximum absolute atomic E-state index is 12.3. The number of carbonyl (C=O) groups excluding carboxylic acids is 1. The highest BCUT2D eigenvalue weighted by atomic mass is 35.5. The first kappa shape index (κ1) is 19.4. The van der Waals surface area contributed by atoms with Gasteiger partial charge >= 0.3 is 0 Å². The lowest BCUT2D eigenvalue weighted by atomic mass is 10.2. The third kappa shape index (κ3) is 4.75. The Labute approximate surface area is 176 Å². The van der Waals surface area contributed by atoms with Crippen LogP contribution in [-0.4, -0.2) is 39.1 Å². The van der Waals surface area contributed by atoms with Crippen molar-refractivity contribution in [1.82, 2.24) is 14.8 Å². The van der Waals surface area contributed by atoms with Crippen LogP contribution in [0.15, 0.2) is 46.9 Å². The van der Waals surface area contributed by atoms with Crippen molar-refractivity contribution < 1.29 is 9.53 Å². The molecule has 0 aliphatic carbocycles. The topological polar surface area (TPSA) is 69.0 Å². The molecule has 1 aliphatic rings. The van der Waals surface area contributed by atoms with Crippen molar-refractivity contribution in [3.8, 4) is 10.7 Å². The van der Waals surface area contributed by atoms with Gasteiger partial charge in [0, 0.05) is 17.3 Å². The first-order valence-electron chi connectivity index (χ1n) is 8.96. The highest BCUT2D eigenvalue weighted by Crippen LogP contribution is 2.29. The van der Waals surface area contributed by atoms with Crippen LogP contribution in [0.25, 0.3) is 10.7 Å². The number of thiophene rings is 1. The van der Waals surface area contributed by atoms with Gasteiger partial charge < -0.3 is 10.1 Å². The molecule has 9 heteroatoms. The number of rotatable bonds is 7. The van der Waals surface area contributed by atoms with E-state index in [1.807, 2.05) is 23.6 Å². The number of ether oxygens (including phenoxy) is 1. The van der Waals surface area contributed by atoms with Crippen LogP contribution >= 0.6 is 34.7 Å². The molecule has 0 saturated carbocycles. The van der Waals surface area contributed by atoms with Gasteiger partial charge in [-0.25, -0.2) is 0 Å². The van der Waals surface area contributed by atoms with Crippen molar-refractivity contribution in [1.29, 1.82) is 0 Å². The number of aromatic nitrogens is 3. The second-order valence-corrected chi connectivity index (χ2v) is 8.70. The molecule has 1 saturated heterocycles. The summed E-state index contributed by atoms with van der Waals surface area (Å²) in [4.78, 5) is 13.4. The van der Waals surface area contributed by atoms with Gasteiger partial charge in [-0.2, -0.15) is 0 Å². The Hall–Kier alpha value is -1.87. The van der Waals surface area contributed by atoms with Gasteiger partial charge in [-0.15, -0.1) is 21.5 Å². The van der Waals surface area contributed by atoms with E-state index < -0.39 is 0 Å². The summed E-state index contributed by atoms with van der Waals surface area (Å²) in [6.07, 6.45) is 2.27. The fourth-order valence-corrected chi connectivity index (χ4v) is 4.69. The third-order valence-corrected chi connectivity index (χ3v) is 6.38. The third-order valence-electron chi connectivity index (χ3n) is 4.31. The van der Waals surface area contributed by atoms with E-state index >= 15 is 0 Å². The second-order valence-electron chi connectivity index (χ2n) is 6.38. The Kier molecular flexibility index (Phi) is 6.31. The van der Waals surface area contributed by atoms with Crippen LogP contribution in [-0.2, 0) is 16.1 Å². The lowest BCUT2D eigenvalue weighted by molar-refractivity contribution is -0.113. The second kappa shape index (κ2) is 9.09. The monoisotopic (exact) mass is 434 g/mol. The van der Waals surface area contributed by atoms with Crippen LogP contribution in [0.3, 0.4) is 0 Å². The predicted molar refractivity (Wildman–Crippen MR) is 113 cm³/mol. The van der Waals surface area contributed by atoms with E-state index in [1.54, 1.807) is 29.5 Å². The van der Waals surface area contributed by atoms with Gasteiger partial charge in [-0.05, 0) is 42.5 Å². The summed E-state index contributed by atoms with van der Waals surface area (Å²) < 4.78 is 7.86. The molecule has 4 rings (SSSR count). The van der Waals surface area contributed by atoms with Crippen LogP contribution < -0.4 is 5.32 Å². The first-order chi connectivity index (χ1) is 13.7. The van der Waals surface area contributed by atoms with Crippen molar-refractivity contribution in [3.63, 3.8) is 0 Å². The molecule has 2 aromatic heterocycles. The number of benzene rings is 1. The number of carbonyl (C=O) groups is 1. The maximum atomic E-state index is 12.3. The predicted octanol–water partition coefficient (Wildman–Crippen LogP) is 4.57. The van der Waals surface area contributed by atoms with E-state index in [2.05, 4.69) is 20.1 Å². The molecule has 0 spiro atoms. The Morgan fingerprint density at radius 1 is 1.36 bits per heavy atom. The number of hydrogen-bond donors (Lipinski definition) is 1. The summed E-state index contributed by atoms with van der Waals surface area (Å²) >= 11 is 8.96. The molecule has 1 aromatic carbocycles. The summed E-state index contributed by atoms with van der Waals surface area (Å²) in [6, 6.07) is 11.1. The van der Waals surface area contributed by atoms with Crippen molar-refractivity contribution >= 4 is 46.3 Å². The molecule has 6 nitrogen and oxygen atoms in total. The van der Waals surface area contributed by atoms with E-state index in [1.165, 1.54) is 11.8 Å². The molecule has 0 bridgehead atoms. The summed E-state index contributed by atoms with van der Waals surface area (Å²) in [5.41, 5.74) is 0.679. The molecule has 1 atom stereocenters. The highest BCUT2D eigenvalue weighted by molar-refractivity contribution is 7.99. The molecule has 1 N–H and O–H groups in total. The quantitative estimate of drug-likeness (QED) is 0.551. The average Bonchev–Trinajstić information content (AvgIpc) is 3.43. The average molecular weight is 435 g/mol. The van der Waals surface area contributed by atoms with E-state index in [-0.39, 0.29) is 17.8 Å². The van der Waals surface area contributed by atoms with Gasteiger partial charge in [-0.1, -0.05) is 35.5 Å². The molecule has 1 fully saturated rings. The maximum Gasteiger partial charge on any atom is 0.234 e. The number of hydrogen-bond acceptors (Lipinski definition) is 6. The molecule has 146 valence electrons. The van der Waals surface area contributed by atoms with Gasteiger partial charge in [-0.3, -0.25) is 9.36 Å². The van der Waals surface area contributed by atoms with Gasteiger partial charge in [0.25, 0.3) is 0 Å². The van der Waals surface area contributed by atoms with Gasteiger partial charge in [0.1, 0.15) is 0 Å². The smallest absolute Gasteiger partial charge is 0.234 e. The van der Waals surface area contributed by atoms with Crippen LogP contribution in [0, 0.1) is 0 Å². The zero-order valence-electron chi connectivity index (χ0n) is 15.0. The summed E-state index contributed by atoms with van der Waals surface area (Å²) in [6.45, 7) is 1.49. The molecule has 1 aliphatic heterocycles. The van der Waals surface area contributed by atoms with E-state index in [9.17, 15) is 4.79 Å². The summed E-state index contributed by atoms with van der Waals surface area (Å²) in [7, 11) is 0. The Balaban J connectivity index is 1.46. The molecule has 3 aromatic rings. The number of amides is 1. The standard InChI is InChI=1S/C19H19ClN4O2S2/c20-13-4-1-5-14(10-13)21-17(25)12-28-19-23-22-18(16-7-3-9-27-16)24(19)11-15-6-2-8-26-15/h1,3-5,7,9-10,15H,2,6,8,11-12H2,(H,21,25). The molecule has 0 radical (unpaired) electrons. The summed E-state index contributed by atoms with van der Waals surface area (Å²) in [5.74, 6) is 0.945. The molecule has 1 amide bonds. The number of nitrogens with one attached hydrogen (secondary N) is 1. The Morgan fingerprint density at radius 2 is 2.29 bits per heavy atom. The van der Waals surface area contributed by atoms with Crippen molar-refractivity contribution in [3.05, 3.63) is 46.8 Å². The van der Waals surface area contributed by atoms with Crippen LogP contribution in [0.5, 0.6) is 0 Å². The zero-order valence-corrected chi connectivity index (χ0v) is 17.4.